The van der Waals surface area contributed by atoms with Gasteiger partial charge in [-0.05, 0) is 38.0 Å². The zero-order valence-electron chi connectivity index (χ0n) is 21.2. The minimum absolute atomic E-state index is 0.0102. The molecule has 210 valence electrons. The lowest BCUT2D eigenvalue weighted by molar-refractivity contribution is -0.142. The van der Waals surface area contributed by atoms with Crippen LogP contribution in [-0.2, 0) is 19.2 Å². The molecule has 0 radical (unpaired) electrons. The van der Waals surface area contributed by atoms with Crippen LogP contribution in [0.15, 0.2) is 5.11 Å². The number of carbonyl (C=O) groups is 4. The minimum Gasteiger partial charge on any atom is -0.480 e. The molecule has 0 aromatic rings. The molecule has 1 aliphatic heterocycles. The van der Waals surface area contributed by atoms with E-state index in [9.17, 15) is 39.6 Å². The number of aliphatic carboxylic acids is 4. The van der Waals surface area contributed by atoms with Gasteiger partial charge in [0.15, 0.2) is 0 Å². The molecule has 2 rings (SSSR count). The number of carboxylic acid groups (broad SMARTS) is 4. The van der Waals surface area contributed by atoms with E-state index < -0.39 is 23.9 Å². The summed E-state index contributed by atoms with van der Waals surface area (Å²) in [5.41, 5.74) is 7.28. The van der Waals surface area contributed by atoms with Gasteiger partial charge >= 0.3 is 23.9 Å². The lowest BCUT2D eigenvalue weighted by Gasteiger charge is -2.39. The third-order valence-electron chi connectivity index (χ3n) is 7.17. The Morgan fingerprint density at radius 1 is 0.649 bits per heavy atom. The van der Waals surface area contributed by atoms with Gasteiger partial charge in [0.1, 0.15) is 0 Å². The first-order valence-electron chi connectivity index (χ1n) is 12.7. The van der Waals surface area contributed by atoms with Crippen LogP contribution in [0.2, 0.25) is 0 Å². The fourth-order valence-corrected chi connectivity index (χ4v) is 5.28. The van der Waals surface area contributed by atoms with E-state index in [-0.39, 0.29) is 83.4 Å². The average molecular weight is 529 g/mol. The van der Waals surface area contributed by atoms with Gasteiger partial charge in [-0.3, -0.25) is 38.8 Å². The number of nitrogens with zero attached hydrogens (tertiary/aromatic N) is 5. The predicted molar refractivity (Wildman–Crippen MR) is 131 cm³/mol. The summed E-state index contributed by atoms with van der Waals surface area (Å²) in [6.07, 6.45) is 3.91. The maximum absolute atomic E-state index is 11.8. The first-order chi connectivity index (χ1) is 17.5. The number of hydrogen-bond donors (Lipinski definition) is 5. The molecule has 1 heterocycles. The second-order valence-electron chi connectivity index (χ2n) is 10.0. The first kappa shape index (κ1) is 30.5. The Morgan fingerprint density at radius 3 is 1.54 bits per heavy atom. The third kappa shape index (κ3) is 11.9. The SMILES string of the molecule is N=NC1CCC(CC2CN(CC(=O)O)CCN(CC(=O)O)CCN(CC(=O)O)CCN2CC(=O)O)CC1. The molecule has 2 fully saturated rings. The van der Waals surface area contributed by atoms with E-state index in [0.717, 1.165) is 25.7 Å². The van der Waals surface area contributed by atoms with E-state index in [0.29, 0.717) is 13.0 Å². The van der Waals surface area contributed by atoms with Crippen molar-refractivity contribution in [2.45, 2.75) is 44.2 Å². The second kappa shape index (κ2) is 15.5. The molecule has 1 saturated carbocycles. The summed E-state index contributed by atoms with van der Waals surface area (Å²) in [5.74, 6) is -3.82. The van der Waals surface area contributed by atoms with E-state index in [2.05, 4.69) is 5.11 Å². The van der Waals surface area contributed by atoms with Crippen LogP contribution in [-0.4, -0.2) is 148 Å². The standard InChI is InChI=1S/C23H40N6O8/c24-25-18-3-1-17(2-4-18)11-19-12-28(15-22(34)35)8-7-26(13-20(30)31)5-6-27(14-21(32)33)9-10-29(19)16-23(36)37/h17-19,24H,1-16H2,(H,30,31)(H,32,33)(H,34,35)(H,36,37). The molecule has 0 aromatic carbocycles. The van der Waals surface area contributed by atoms with Crippen molar-refractivity contribution in [2.24, 2.45) is 11.0 Å². The van der Waals surface area contributed by atoms with Crippen LogP contribution in [0.4, 0.5) is 0 Å². The van der Waals surface area contributed by atoms with Crippen LogP contribution < -0.4 is 0 Å². The molecule has 14 heteroatoms. The van der Waals surface area contributed by atoms with Crippen molar-refractivity contribution < 1.29 is 39.6 Å². The van der Waals surface area contributed by atoms with Crippen molar-refractivity contribution in [1.29, 1.82) is 5.53 Å². The molecule has 5 N–H and O–H groups in total. The number of carboxylic acids is 4. The molecule has 1 saturated heterocycles. The largest absolute Gasteiger partial charge is 0.480 e. The Kier molecular flexibility index (Phi) is 12.8. The topological polar surface area (TPSA) is 198 Å². The van der Waals surface area contributed by atoms with Crippen LogP contribution in [0, 0.1) is 11.4 Å². The van der Waals surface area contributed by atoms with Crippen molar-refractivity contribution in [3.63, 3.8) is 0 Å². The lowest BCUT2D eigenvalue weighted by Crippen LogP contribution is -2.53. The van der Waals surface area contributed by atoms with Gasteiger partial charge in [-0.1, -0.05) is 0 Å². The smallest absolute Gasteiger partial charge is 0.317 e. The van der Waals surface area contributed by atoms with E-state index in [1.807, 2.05) is 4.90 Å². The number of rotatable bonds is 11. The van der Waals surface area contributed by atoms with Gasteiger partial charge in [-0.2, -0.15) is 5.11 Å². The molecule has 1 atom stereocenters. The maximum Gasteiger partial charge on any atom is 0.317 e. The van der Waals surface area contributed by atoms with Crippen molar-refractivity contribution in [1.82, 2.24) is 19.6 Å². The van der Waals surface area contributed by atoms with Crippen LogP contribution in [0.5, 0.6) is 0 Å². The molecular formula is C23H40N6O8. The number of nitrogens with one attached hydrogen (secondary N) is 1. The van der Waals surface area contributed by atoms with Gasteiger partial charge in [0.05, 0.1) is 32.2 Å². The molecule has 37 heavy (non-hydrogen) atoms. The van der Waals surface area contributed by atoms with E-state index in [1.165, 1.54) is 0 Å². The Balaban J connectivity index is 2.31. The van der Waals surface area contributed by atoms with Crippen molar-refractivity contribution in [3.8, 4) is 0 Å². The van der Waals surface area contributed by atoms with Gasteiger partial charge in [-0.15, -0.1) is 0 Å². The summed E-state index contributed by atoms with van der Waals surface area (Å²) in [5, 5.41) is 41.5. The highest BCUT2D eigenvalue weighted by Crippen LogP contribution is 2.30. The third-order valence-corrected chi connectivity index (χ3v) is 7.17. The molecular weight excluding hydrogens is 488 g/mol. The summed E-state index contributed by atoms with van der Waals surface area (Å²) < 4.78 is 0. The van der Waals surface area contributed by atoms with Gasteiger partial charge in [0, 0.05) is 51.9 Å². The molecule has 14 nitrogen and oxygen atoms in total. The van der Waals surface area contributed by atoms with Gasteiger partial charge < -0.3 is 20.4 Å². The fraction of sp³-hybridized carbons (Fsp3) is 0.826. The summed E-state index contributed by atoms with van der Waals surface area (Å²) in [7, 11) is 0. The zero-order valence-corrected chi connectivity index (χ0v) is 21.2. The molecule has 1 aliphatic carbocycles. The first-order valence-corrected chi connectivity index (χ1v) is 12.7. The highest BCUT2D eigenvalue weighted by molar-refractivity contribution is 5.70. The molecule has 0 spiro atoms. The average Bonchev–Trinajstić information content (AvgIpc) is 2.81. The van der Waals surface area contributed by atoms with E-state index >= 15 is 0 Å². The van der Waals surface area contributed by atoms with Crippen LogP contribution in [0.1, 0.15) is 32.1 Å². The number of hydrogen-bond acceptors (Lipinski definition) is 10. The summed E-state index contributed by atoms with van der Waals surface area (Å²) >= 11 is 0. The van der Waals surface area contributed by atoms with Crippen molar-refractivity contribution >= 4 is 23.9 Å². The second-order valence-corrected chi connectivity index (χ2v) is 10.0. The Bertz CT molecular complexity index is 791. The van der Waals surface area contributed by atoms with Gasteiger partial charge in [0.2, 0.25) is 0 Å². The van der Waals surface area contributed by atoms with E-state index in [1.54, 1.807) is 14.7 Å². The Morgan fingerprint density at radius 2 is 1.08 bits per heavy atom. The molecule has 0 bridgehead atoms. The van der Waals surface area contributed by atoms with Gasteiger partial charge in [-0.25, -0.2) is 5.53 Å². The van der Waals surface area contributed by atoms with Crippen molar-refractivity contribution in [3.05, 3.63) is 0 Å². The Hall–Kier alpha value is -2.68. The highest BCUT2D eigenvalue weighted by Gasteiger charge is 2.30. The Labute approximate surface area is 216 Å². The summed E-state index contributed by atoms with van der Waals surface area (Å²) in [6, 6.07) is -0.278. The lowest BCUT2D eigenvalue weighted by atomic mass is 9.82. The normalized spacial score (nSPS) is 26.0. The molecule has 2 aliphatic rings. The van der Waals surface area contributed by atoms with Crippen LogP contribution in [0.3, 0.4) is 0 Å². The monoisotopic (exact) mass is 528 g/mol. The molecule has 0 aromatic heterocycles. The molecule has 1 unspecified atom stereocenters. The van der Waals surface area contributed by atoms with E-state index in [4.69, 9.17) is 5.53 Å². The zero-order chi connectivity index (χ0) is 27.4. The summed E-state index contributed by atoms with van der Waals surface area (Å²) in [4.78, 5) is 53.1. The fourth-order valence-electron chi connectivity index (χ4n) is 5.28. The maximum atomic E-state index is 11.8. The van der Waals surface area contributed by atoms with Gasteiger partial charge in [0.25, 0.3) is 0 Å². The quantitative estimate of drug-likeness (QED) is 0.223. The summed E-state index contributed by atoms with van der Waals surface area (Å²) in [6.45, 7) is 0.965. The minimum atomic E-state index is -1.03. The van der Waals surface area contributed by atoms with Crippen LogP contribution >= 0.6 is 0 Å². The highest BCUT2D eigenvalue weighted by atomic mass is 16.4. The van der Waals surface area contributed by atoms with Crippen molar-refractivity contribution in [2.75, 3.05) is 72.0 Å². The van der Waals surface area contributed by atoms with Crippen LogP contribution in [0.25, 0.3) is 0 Å². The predicted octanol–water partition coefficient (Wildman–Crippen LogP) is -0.105. The molecule has 0 amide bonds.